The zero-order chi connectivity index (χ0) is 16.0. The molecule has 21 heavy (non-hydrogen) atoms. The highest BCUT2D eigenvalue weighted by Gasteiger charge is 2.20. The Morgan fingerprint density at radius 2 is 2.05 bits per heavy atom. The van der Waals surface area contributed by atoms with E-state index in [0.29, 0.717) is 10.2 Å². The first-order chi connectivity index (χ1) is 9.79. The van der Waals surface area contributed by atoms with E-state index in [-0.39, 0.29) is 12.8 Å². The Morgan fingerprint density at radius 3 is 2.57 bits per heavy atom. The molecule has 0 saturated carbocycles. The van der Waals surface area contributed by atoms with Crippen molar-refractivity contribution in [2.75, 3.05) is 5.32 Å². The third kappa shape index (κ3) is 5.82. The fraction of sp³-hybridized carbons (Fsp3) is 0.308. The first kappa shape index (κ1) is 17.0. The highest BCUT2D eigenvalue weighted by Crippen LogP contribution is 2.23. The zero-order valence-electron chi connectivity index (χ0n) is 11.4. The molecule has 1 rings (SSSR count). The summed E-state index contributed by atoms with van der Waals surface area (Å²) in [5.41, 5.74) is 6.49. The summed E-state index contributed by atoms with van der Waals surface area (Å²) in [7, 11) is 0. The van der Waals surface area contributed by atoms with Gasteiger partial charge in [-0.1, -0.05) is 6.07 Å². The number of nitrogens with one attached hydrogen (secondary N) is 2. The van der Waals surface area contributed by atoms with Gasteiger partial charge in [0.05, 0.1) is 5.69 Å². The molecule has 114 valence electrons. The van der Waals surface area contributed by atoms with Gasteiger partial charge >= 0.3 is 12.0 Å². The Bertz CT molecular complexity index is 562. The second-order valence-corrected chi connectivity index (χ2v) is 5.33. The van der Waals surface area contributed by atoms with Crippen LogP contribution in [-0.2, 0) is 9.59 Å². The molecule has 0 spiro atoms. The number of hydrogen-bond acceptors (Lipinski definition) is 3. The number of urea groups is 1. The van der Waals surface area contributed by atoms with Crippen LogP contribution in [-0.4, -0.2) is 29.1 Å². The van der Waals surface area contributed by atoms with Crippen LogP contribution in [0.1, 0.15) is 18.4 Å². The van der Waals surface area contributed by atoms with Crippen LogP contribution in [0.25, 0.3) is 0 Å². The molecule has 0 aliphatic carbocycles. The maximum atomic E-state index is 11.8. The van der Waals surface area contributed by atoms with E-state index < -0.39 is 23.9 Å². The Morgan fingerprint density at radius 1 is 1.38 bits per heavy atom. The molecule has 0 fully saturated rings. The van der Waals surface area contributed by atoms with E-state index in [9.17, 15) is 14.4 Å². The van der Waals surface area contributed by atoms with E-state index in [0.717, 1.165) is 5.56 Å². The summed E-state index contributed by atoms with van der Waals surface area (Å²) in [6.45, 7) is 1.90. The molecule has 0 unspecified atom stereocenters. The van der Waals surface area contributed by atoms with Crippen molar-refractivity contribution in [2.24, 2.45) is 5.73 Å². The van der Waals surface area contributed by atoms with Gasteiger partial charge in [0.25, 0.3) is 0 Å². The number of anilines is 1. The summed E-state index contributed by atoms with van der Waals surface area (Å²) < 4.78 is 0.682. The Hall–Kier alpha value is -2.09. The summed E-state index contributed by atoms with van der Waals surface area (Å²) in [5, 5.41) is 13.8. The Labute approximate surface area is 130 Å². The molecular formula is C13H16BrN3O4. The monoisotopic (exact) mass is 357 g/mol. The van der Waals surface area contributed by atoms with Gasteiger partial charge < -0.3 is 21.5 Å². The molecule has 1 atom stereocenters. The van der Waals surface area contributed by atoms with Crippen molar-refractivity contribution in [3.05, 3.63) is 28.2 Å². The van der Waals surface area contributed by atoms with Gasteiger partial charge in [-0.3, -0.25) is 4.79 Å². The Kier molecular flexibility index (Phi) is 6.16. The summed E-state index contributed by atoms with van der Waals surface area (Å²) in [4.78, 5) is 33.5. The van der Waals surface area contributed by atoms with Crippen molar-refractivity contribution in [3.8, 4) is 0 Å². The van der Waals surface area contributed by atoms with Gasteiger partial charge in [0.2, 0.25) is 5.91 Å². The van der Waals surface area contributed by atoms with Crippen molar-refractivity contribution in [2.45, 2.75) is 25.8 Å². The minimum Gasteiger partial charge on any atom is -0.480 e. The second-order valence-electron chi connectivity index (χ2n) is 4.48. The van der Waals surface area contributed by atoms with Crippen LogP contribution in [0.15, 0.2) is 22.7 Å². The molecule has 0 bridgehead atoms. The molecule has 8 heteroatoms. The molecule has 7 nitrogen and oxygen atoms in total. The fourth-order valence-electron chi connectivity index (χ4n) is 1.58. The van der Waals surface area contributed by atoms with E-state index in [1.165, 1.54) is 0 Å². The predicted octanol–water partition coefficient (Wildman–Crippen LogP) is 1.60. The van der Waals surface area contributed by atoms with E-state index in [1.54, 1.807) is 6.07 Å². The topological polar surface area (TPSA) is 122 Å². The van der Waals surface area contributed by atoms with Gasteiger partial charge in [-0.25, -0.2) is 9.59 Å². The highest BCUT2D eigenvalue weighted by atomic mass is 79.9. The molecule has 0 radical (unpaired) electrons. The second kappa shape index (κ2) is 7.63. The first-order valence-electron chi connectivity index (χ1n) is 6.14. The molecule has 0 saturated heterocycles. The number of hydrogen-bond donors (Lipinski definition) is 4. The van der Waals surface area contributed by atoms with Crippen LogP contribution < -0.4 is 16.4 Å². The highest BCUT2D eigenvalue weighted by molar-refractivity contribution is 9.10. The molecule has 3 amide bonds. The van der Waals surface area contributed by atoms with Gasteiger partial charge in [0, 0.05) is 10.9 Å². The molecular weight excluding hydrogens is 342 g/mol. The molecule has 0 heterocycles. The van der Waals surface area contributed by atoms with E-state index in [4.69, 9.17) is 10.8 Å². The SMILES string of the molecule is Cc1ccc(NC(=O)N[C@@H](CCC(N)=O)C(=O)O)c(Br)c1. The van der Waals surface area contributed by atoms with Crippen molar-refractivity contribution in [3.63, 3.8) is 0 Å². The minimum atomic E-state index is -1.23. The zero-order valence-corrected chi connectivity index (χ0v) is 12.9. The maximum absolute atomic E-state index is 11.8. The van der Waals surface area contributed by atoms with Gasteiger partial charge in [-0.15, -0.1) is 0 Å². The first-order valence-corrected chi connectivity index (χ1v) is 6.93. The number of halogens is 1. The quantitative estimate of drug-likeness (QED) is 0.617. The molecule has 0 aromatic heterocycles. The van der Waals surface area contributed by atoms with Gasteiger partial charge in [0.15, 0.2) is 0 Å². The van der Waals surface area contributed by atoms with E-state index in [1.807, 2.05) is 19.1 Å². The van der Waals surface area contributed by atoms with Crippen LogP contribution in [0.3, 0.4) is 0 Å². The third-order valence-electron chi connectivity index (χ3n) is 2.66. The van der Waals surface area contributed by atoms with Crippen LogP contribution in [0.5, 0.6) is 0 Å². The maximum Gasteiger partial charge on any atom is 0.326 e. The lowest BCUT2D eigenvalue weighted by atomic mass is 10.1. The van der Waals surface area contributed by atoms with Gasteiger partial charge in [-0.2, -0.15) is 0 Å². The number of carbonyl (C=O) groups is 3. The van der Waals surface area contributed by atoms with E-state index in [2.05, 4.69) is 26.6 Å². The van der Waals surface area contributed by atoms with E-state index >= 15 is 0 Å². The number of amides is 3. The standard InChI is InChI=1S/C13H16BrN3O4/c1-7-2-3-9(8(14)6-7)16-13(21)17-10(12(19)20)4-5-11(15)18/h2-3,6,10H,4-5H2,1H3,(H2,15,18)(H,19,20)(H2,16,17,21)/t10-/m0/s1. The summed E-state index contributed by atoms with van der Waals surface area (Å²) in [5.74, 6) is -1.85. The van der Waals surface area contributed by atoms with Crippen molar-refractivity contribution in [1.82, 2.24) is 5.32 Å². The third-order valence-corrected chi connectivity index (χ3v) is 3.31. The average molecular weight is 358 g/mol. The van der Waals surface area contributed by atoms with Crippen molar-refractivity contribution < 1.29 is 19.5 Å². The minimum absolute atomic E-state index is 0.0623. The fourth-order valence-corrected chi connectivity index (χ4v) is 2.17. The number of benzene rings is 1. The number of aliphatic carboxylic acids is 1. The summed E-state index contributed by atoms with van der Waals surface area (Å²) >= 11 is 3.30. The molecule has 1 aromatic carbocycles. The Balaban J connectivity index is 2.65. The number of carbonyl (C=O) groups excluding carboxylic acids is 2. The predicted molar refractivity (Wildman–Crippen MR) is 80.9 cm³/mol. The largest absolute Gasteiger partial charge is 0.480 e. The summed E-state index contributed by atoms with van der Waals surface area (Å²) in [6, 6.07) is 3.47. The molecule has 5 N–H and O–H groups in total. The van der Waals surface area contributed by atoms with Crippen molar-refractivity contribution >= 4 is 39.5 Å². The molecule has 1 aromatic rings. The number of carboxylic acids is 1. The number of rotatable bonds is 6. The van der Waals surface area contributed by atoms with Crippen LogP contribution in [0.4, 0.5) is 10.5 Å². The van der Waals surface area contributed by atoms with Crippen molar-refractivity contribution in [1.29, 1.82) is 0 Å². The number of carboxylic acid groups (broad SMARTS) is 1. The van der Waals surface area contributed by atoms with Crippen LogP contribution in [0, 0.1) is 6.92 Å². The van der Waals surface area contributed by atoms with Gasteiger partial charge in [0.1, 0.15) is 6.04 Å². The summed E-state index contributed by atoms with van der Waals surface area (Å²) in [6.07, 6.45) is -0.182. The lowest BCUT2D eigenvalue weighted by molar-refractivity contribution is -0.139. The average Bonchev–Trinajstić information content (AvgIpc) is 2.37. The molecule has 0 aliphatic heterocycles. The van der Waals surface area contributed by atoms with Crippen LogP contribution in [0.2, 0.25) is 0 Å². The molecule has 0 aliphatic rings. The normalized spacial score (nSPS) is 11.5. The lowest BCUT2D eigenvalue weighted by Gasteiger charge is -2.15. The lowest BCUT2D eigenvalue weighted by Crippen LogP contribution is -2.43. The number of nitrogens with two attached hydrogens (primary N) is 1. The van der Waals surface area contributed by atoms with Crippen LogP contribution >= 0.6 is 15.9 Å². The number of primary amides is 1. The number of aryl methyl sites for hydroxylation is 1. The van der Waals surface area contributed by atoms with Gasteiger partial charge in [-0.05, 0) is 47.0 Å². The smallest absolute Gasteiger partial charge is 0.326 e.